The third-order valence-corrected chi connectivity index (χ3v) is 4.81. The molecule has 1 saturated carbocycles. The van der Waals surface area contributed by atoms with E-state index >= 15 is 0 Å². The van der Waals surface area contributed by atoms with Gasteiger partial charge in [0.15, 0.2) is 5.78 Å². The number of carbonyl (C=O) groups is 1. The molecule has 2 rings (SSSR count). The summed E-state index contributed by atoms with van der Waals surface area (Å²) in [5.74, 6) is 0.182. The van der Waals surface area contributed by atoms with E-state index in [0.29, 0.717) is 25.0 Å². The van der Waals surface area contributed by atoms with Crippen LogP contribution in [-0.2, 0) is 16.1 Å². The number of carbonyl (C=O) groups excluding carboxylic acids is 1. The lowest BCUT2D eigenvalue weighted by atomic mass is 9.87. The van der Waals surface area contributed by atoms with Crippen molar-refractivity contribution in [1.29, 1.82) is 0 Å². The van der Waals surface area contributed by atoms with Crippen LogP contribution in [0.2, 0.25) is 0 Å². The summed E-state index contributed by atoms with van der Waals surface area (Å²) >= 11 is 0. The minimum absolute atomic E-state index is 0.0190. The summed E-state index contributed by atoms with van der Waals surface area (Å²) in [6, 6.07) is 9.76. The van der Waals surface area contributed by atoms with Gasteiger partial charge in [0.25, 0.3) is 0 Å². The van der Waals surface area contributed by atoms with Gasteiger partial charge in [-0.2, -0.15) is 0 Å². The van der Waals surface area contributed by atoms with Crippen LogP contribution in [0.4, 0.5) is 0 Å². The summed E-state index contributed by atoms with van der Waals surface area (Å²) in [6.45, 7) is 4.24. The molecule has 4 heteroatoms. The van der Waals surface area contributed by atoms with Crippen molar-refractivity contribution < 1.29 is 19.7 Å². The van der Waals surface area contributed by atoms with Gasteiger partial charge in [-0.25, -0.2) is 0 Å². The number of benzene rings is 1. The fourth-order valence-electron chi connectivity index (χ4n) is 3.34. The summed E-state index contributed by atoms with van der Waals surface area (Å²) in [5.41, 5.74) is 2.32. The number of ketones is 1. The number of aliphatic hydroxyl groups is 2. The Balaban J connectivity index is 1.96. The van der Waals surface area contributed by atoms with Crippen LogP contribution in [0.25, 0.3) is 0 Å². The molecule has 0 unspecified atom stereocenters. The maximum absolute atomic E-state index is 12.3. The Kier molecular flexibility index (Phi) is 6.10. The average molecular weight is 318 g/mol. The fourth-order valence-corrected chi connectivity index (χ4v) is 3.34. The Morgan fingerprint density at radius 3 is 2.48 bits per heavy atom. The minimum Gasteiger partial charge on any atom is -0.396 e. The van der Waals surface area contributed by atoms with Crippen molar-refractivity contribution in [2.24, 2.45) is 11.3 Å². The van der Waals surface area contributed by atoms with E-state index in [9.17, 15) is 15.0 Å². The van der Waals surface area contributed by atoms with Crippen molar-refractivity contribution in [3.05, 3.63) is 47.0 Å². The first kappa shape index (κ1) is 17.9. The highest BCUT2D eigenvalue weighted by Gasteiger charge is 2.40. The number of rotatable bonds is 7. The van der Waals surface area contributed by atoms with Gasteiger partial charge in [0.1, 0.15) is 6.61 Å². The van der Waals surface area contributed by atoms with Crippen molar-refractivity contribution in [3.8, 4) is 0 Å². The molecule has 23 heavy (non-hydrogen) atoms. The molecule has 1 atom stereocenters. The van der Waals surface area contributed by atoms with Crippen LogP contribution in [0.1, 0.15) is 32.3 Å². The zero-order valence-corrected chi connectivity index (χ0v) is 13.9. The molecule has 126 valence electrons. The van der Waals surface area contributed by atoms with Gasteiger partial charge in [0.05, 0.1) is 19.8 Å². The van der Waals surface area contributed by atoms with Crippen LogP contribution in [0, 0.1) is 11.3 Å². The summed E-state index contributed by atoms with van der Waals surface area (Å²) < 4.78 is 5.52. The molecule has 0 aliphatic heterocycles. The van der Waals surface area contributed by atoms with Gasteiger partial charge in [-0.3, -0.25) is 4.79 Å². The second-order valence-electron chi connectivity index (χ2n) is 6.65. The Labute approximate surface area is 137 Å². The Morgan fingerprint density at radius 2 is 1.91 bits per heavy atom. The molecule has 1 aromatic rings. The van der Waals surface area contributed by atoms with Gasteiger partial charge < -0.3 is 14.9 Å². The predicted octanol–water partition coefficient (Wildman–Crippen LogP) is 2.49. The molecule has 1 aliphatic carbocycles. The van der Waals surface area contributed by atoms with Crippen molar-refractivity contribution in [2.75, 3.05) is 19.8 Å². The van der Waals surface area contributed by atoms with E-state index in [0.717, 1.165) is 11.1 Å². The van der Waals surface area contributed by atoms with Crippen LogP contribution in [-0.4, -0.2) is 35.8 Å². The highest BCUT2D eigenvalue weighted by molar-refractivity contribution is 5.96. The lowest BCUT2D eigenvalue weighted by molar-refractivity contribution is -0.120. The van der Waals surface area contributed by atoms with Crippen molar-refractivity contribution in [3.63, 3.8) is 0 Å². The van der Waals surface area contributed by atoms with E-state index in [1.165, 1.54) is 0 Å². The molecule has 0 bridgehead atoms. The number of hydrogen-bond donors (Lipinski definition) is 2. The van der Waals surface area contributed by atoms with Crippen LogP contribution in [0.3, 0.4) is 0 Å². The fraction of sp³-hybridized carbons (Fsp3) is 0.526. The molecule has 0 radical (unpaired) electrons. The zero-order valence-electron chi connectivity index (χ0n) is 13.9. The molecule has 0 aromatic heterocycles. The third-order valence-electron chi connectivity index (χ3n) is 4.81. The normalized spacial score (nSPS) is 22.2. The highest BCUT2D eigenvalue weighted by atomic mass is 16.5. The van der Waals surface area contributed by atoms with Gasteiger partial charge in [-0.15, -0.1) is 0 Å². The Hall–Kier alpha value is -1.49. The van der Waals surface area contributed by atoms with Crippen LogP contribution >= 0.6 is 0 Å². The van der Waals surface area contributed by atoms with Gasteiger partial charge in [0.2, 0.25) is 0 Å². The van der Waals surface area contributed by atoms with Crippen molar-refractivity contribution >= 4 is 5.78 Å². The van der Waals surface area contributed by atoms with E-state index in [4.69, 9.17) is 4.74 Å². The highest BCUT2D eigenvalue weighted by Crippen LogP contribution is 2.45. The zero-order chi connectivity index (χ0) is 16.9. The maximum Gasteiger partial charge on any atom is 0.184 e. The smallest absolute Gasteiger partial charge is 0.184 e. The van der Waals surface area contributed by atoms with E-state index in [1.807, 2.05) is 44.2 Å². The number of aliphatic hydroxyl groups excluding tert-OH is 2. The first-order chi connectivity index (χ1) is 11.0. The first-order valence-electron chi connectivity index (χ1n) is 8.07. The van der Waals surface area contributed by atoms with Gasteiger partial charge in [-0.1, -0.05) is 42.8 Å². The molecule has 4 nitrogen and oxygen atoms in total. The van der Waals surface area contributed by atoms with E-state index < -0.39 is 5.41 Å². The third kappa shape index (κ3) is 4.28. The molecule has 1 fully saturated rings. The molecule has 2 N–H and O–H groups in total. The molecule has 1 aliphatic rings. The standard InChI is InChI=1S/C19H26O4/c1-14-8-19(12-20,13-21)9-17(14)15(2)18(22)11-23-10-16-6-4-3-5-7-16/h3-7,14,20-21H,8-13H2,1-2H3/b17-15+/t14-/m1/s1. The van der Waals surface area contributed by atoms with Gasteiger partial charge in [-0.05, 0) is 36.8 Å². The summed E-state index contributed by atoms with van der Waals surface area (Å²) in [6.07, 6.45) is 1.29. The molecular formula is C19H26O4. The quantitative estimate of drug-likeness (QED) is 0.758. The molecular weight excluding hydrogens is 292 g/mol. The molecule has 0 amide bonds. The second-order valence-corrected chi connectivity index (χ2v) is 6.65. The number of ether oxygens (including phenoxy) is 1. The van der Waals surface area contributed by atoms with Gasteiger partial charge in [0, 0.05) is 5.41 Å². The molecule has 0 heterocycles. The predicted molar refractivity (Wildman–Crippen MR) is 88.8 cm³/mol. The Bertz CT molecular complexity index is 558. The lowest BCUT2D eigenvalue weighted by Gasteiger charge is -2.23. The second kappa shape index (κ2) is 7.86. The summed E-state index contributed by atoms with van der Waals surface area (Å²) in [5, 5.41) is 19.1. The number of allylic oxidation sites excluding steroid dienone is 1. The minimum atomic E-state index is -0.485. The first-order valence-corrected chi connectivity index (χ1v) is 8.07. The topological polar surface area (TPSA) is 66.8 Å². The van der Waals surface area contributed by atoms with E-state index in [2.05, 4.69) is 0 Å². The van der Waals surface area contributed by atoms with Crippen molar-refractivity contribution in [2.45, 2.75) is 33.3 Å². The van der Waals surface area contributed by atoms with E-state index in [-0.39, 0.29) is 31.5 Å². The van der Waals surface area contributed by atoms with Crippen LogP contribution in [0.15, 0.2) is 41.5 Å². The molecule has 1 aromatic carbocycles. The average Bonchev–Trinajstić information content (AvgIpc) is 2.92. The van der Waals surface area contributed by atoms with Crippen molar-refractivity contribution in [1.82, 2.24) is 0 Å². The maximum atomic E-state index is 12.3. The van der Waals surface area contributed by atoms with Crippen LogP contribution in [0.5, 0.6) is 0 Å². The number of Topliss-reactive ketones (excluding diaryl/α,β-unsaturated/α-hetero) is 1. The number of hydrogen-bond acceptors (Lipinski definition) is 4. The molecule has 0 saturated heterocycles. The summed E-state index contributed by atoms with van der Waals surface area (Å²) in [4.78, 5) is 12.3. The largest absolute Gasteiger partial charge is 0.396 e. The van der Waals surface area contributed by atoms with E-state index in [1.54, 1.807) is 0 Å². The molecule has 0 spiro atoms. The summed E-state index contributed by atoms with van der Waals surface area (Å²) in [7, 11) is 0. The Morgan fingerprint density at radius 1 is 1.26 bits per heavy atom. The monoisotopic (exact) mass is 318 g/mol. The van der Waals surface area contributed by atoms with Gasteiger partial charge >= 0.3 is 0 Å². The lowest BCUT2D eigenvalue weighted by Crippen LogP contribution is -2.26. The SMILES string of the molecule is C/C(C(=O)COCc1ccccc1)=C1/CC(CO)(CO)C[C@H]1C. The van der Waals surface area contributed by atoms with Crippen LogP contribution < -0.4 is 0 Å².